The number of piperazine rings is 1. The Labute approximate surface area is 129 Å². The first kappa shape index (κ1) is 14.7. The highest BCUT2D eigenvalue weighted by molar-refractivity contribution is 5.94. The molecule has 0 unspecified atom stereocenters. The molecule has 0 spiro atoms. The summed E-state index contributed by atoms with van der Waals surface area (Å²) >= 11 is 0. The van der Waals surface area contributed by atoms with Crippen molar-refractivity contribution in [2.45, 2.75) is 6.54 Å². The number of carbonyl (C=O) groups excluding carboxylic acids is 1. The third-order valence-corrected chi connectivity index (χ3v) is 4.07. The van der Waals surface area contributed by atoms with E-state index in [9.17, 15) is 9.18 Å². The summed E-state index contributed by atoms with van der Waals surface area (Å²) in [4.78, 5) is 19.6. The molecule has 4 nitrogen and oxygen atoms in total. The summed E-state index contributed by atoms with van der Waals surface area (Å²) in [5.74, 6) is -0.653. The van der Waals surface area contributed by atoms with Gasteiger partial charge in [-0.1, -0.05) is 12.1 Å². The number of halogens is 1. The SMILES string of the molecule is O=C(c1ccccc1F)N1CC[NH+](Cc2ccncc2)CC1. The molecular formula is C17H19FN3O+. The second-order valence-corrected chi connectivity index (χ2v) is 5.55. The molecule has 22 heavy (non-hydrogen) atoms. The standard InChI is InChI=1S/C17H18FN3O/c18-16-4-2-1-3-15(16)17(22)21-11-9-20(10-12-21)13-14-5-7-19-8-6-14/h1-8H,9-13H2/p+1. The normalized spacial score (nSPS) is 15.8. The maximum absolute atomic E-state index is 13.7. The minimum Gasteiger partial charge on any atom is -0.328 e. The largest absolute Gasteiger partial charge is 0.328 e. The minimum absolute atomic E-state index is 0.167. The molecule has 1 fully saturated rings. The van der Waals surface area contributed by atoms with E-state index in [0.717, 1.165) is 19.6 Å². The average Bonchev–Trinajstić information content (AvgIpc) is 2.56. The molecule has 0 atom stereocenters. The second-order valence-electron chi connectivity index (χ2n) is 5.55. The fourth-order valence-electron chi connectivity index (χ4n) is 2.80. The smallest absolute Gasteiger partial charge is 0.257 e. The number of pyridine rings is 1. The van der Waals surface area contributed by atoms with Gasteiger partial charge in [0.1, 0.15) is 12.4 Å². The lowest BCUT2D eigenvalue weighted by molar-refractivity contribution is -0.917. The Morgan fingerprint density at radius 1 is 1.14 bits per heavy atom. The van der Waals surface area contributed by atoms with Crippen molar-refractivity contribution in [3.05, 3.63) is 65.7 Å². The molecule has 3 rings (SSSR count). The third kappa shape index (κ3) is 3.31. The zero-order chi connectivity index (χ0) is 15.4. The number of carbonyl (C=O) groups is 1. The van der Waals surface area contributed by atoms with Crippen molar-refractivity contribution in [3.63, 3.8) is 0 Å². The van der Waals surface area contributed by atoms with Crippen molar-refractivity contribution < 1.29 is 14.1 Å². The van der Waals surface area contributed by atoms with E-state index >= 15 is 0 Å². The zero-order valence-electron chi connectivity index (χ0n) is 12.3. The topological polar surface area (TPSA) is 37.6 Å². The predicted molar refractivity (Wildman–Crippen MR) is 80.9 cm³/mol. The van der Waals surface area contributed by atoms with Gasteiger partial charge in [0, 0.05) is 18.0 Å². The molecule has 1 aromatic heterocycles. The highest BCUT2D eigenvalue weighted by Crippen LogP contribution is 2.10. The van der Waals surface area contributed by atoms with Crippen LogP contribution < -0.4 is 4.90 Å². The number of hydrogen-bond donors (Lipinski definition) is 1. The number of quaternary nitrogens is 1. The maximum atomic E-state index is 13.7. The van der Waals surface area contributed by atoms with Crippen LogP contribution in [0.25, 0.3) is 0 Å². The number of amides is 1. The molecular weight excluding hydrogens is 281 g/mol. The van der Waals surface area contributed by atoms with Crippen molar-refractivity contribution >= 4 is 5.91 Å². The Balaban J connectivity index is 1.58. The van der Waals surface area contributed by atoms with Gasteiger partial charge in [0.15, 0.2) is 0 Å². The summed E-state index contributed by atoms with van der Waals surface area (Å²) in [6.45, 7) is 4.01. The van der Waals surface area contributed by atoms with Gasteiger partial charge in [-0.25, -0.2) is 4.39 Å². The Morgan fingerprint density at radius 3 is 2.50 bits per heavy atom. The van der Waals surface area contributed by atoms with Crippen LogP contribution in [0.1, 0.15) is 15.9 Å². The van der Waals surface area contributed by atoms with Crippen LogP contribution in [-0.2, 0) is 6.54 Å². The molecule has 1 aromatic carbocycles. The number of hydrogen-bond acceptors (Lipinski definition) is 2. The summed E-state index contributed by atoms with van der Waals surface area (Å²) in [6.07, 6.45) is 3.60. The molecule has 114 valence electrons. The van der Waals surface area contributed by atoms with Crippen LogP contribution in [0.5, 0.6) is 0 Å². The van der Waals surface area contributed by atoms with E-state index in [-0.39, 0.29) is 11.5 Å². The van der Waals surface area contributed by atoms with E-state index < -0.39 is 5.82 Å². The fourth-order valence-corrected chi connectivity index (χ4v) is 2.80. The summed E-state index contributed by atoms with van der Waals surface area (Å²) in [6, 6.07) is 10.2. The van der Waals surface area contributed by atoms with Gasteiger partial charge >= 0.3 is 0 Å². The Kier molecular flexibility index (Phi) is 4.44. The molecule has 0 bridgehead atoms. The van der Waals surface area contributed by atoms with Crippen LogP contribution in [0.4, 0.5) is 4.39 Å². The quantitative estimate of drug-likeness (QED) is 0.909. The zero-order valence-corrected chi connectivity index (χ0v) is 12.3. The van der Waals surface area contributed by atoms with E-state index in [2.05, 4.69) is 4.98 Å². The molecule has 1 aliphatic rings. The molecule has 0 saturated carbocycles. The molecule has 1 N–H and O–H groups in total. The summed E-state index contributed by atoms with van der Waals surface area (Å²) in [5, 5.41) is 0. The van der Waals surface area contributed by atoms with Gasteiger partial charge in [0.05, 0.1) is 31.7 Å². The molecule has 2 aromatic rings. The highest BCUT2D eigenvalue weighted by Gasteiger charge is 2.25. The number of rotatable bonds is 3. The average molecular weight is 300 g/mol. The molecule has 1 aliphatic heterocycles. The van der Waals surface area contributed by atoms with Gasteiger partial charge in [-0.3, -0.25) is 9.78 Å². The van der Waals surface area contributed by atoms with Crippen molar-refractivity contribution in [3.8, 4) is 0 Å². The lowest BCUT2D eigenvalue weighted by Crippen LogP contribution is -3.13. The number of nitrogens with one attached hydrogen (secondary N) is 1. The van der Waals surface area contributed by atoms with E-state index in [1.807, 2.05) is 12.1 Å². The molecule has 2 heterocycles. The van der Waals surface area contributed by atoms with Gasteiger partial charge in [-0.05, 0) is 24.3 Å². The summed E-state index contributed by atoms with van der Waals surface area (Å²) in [7, 11) is 0. The predicted octanol–water partition coefficient (Wildman–Crippen LogP) is 0.762. The maximum Gasteiger partial charge on any atom is 0.257 e. The highest BCUT2D eigenvalue weighted by atomic mass is 19.1. The van der Waals surface area contributed by atoms with Crippen molar-refractivity contribution in [1.29, 1.82) is 0 Å². The van der Waals surface area contributed by atoms with Gasteiger partial charge < -0.3 is 9.80 Å². The van der Waals surface area contributed by atoms with Crippen LogP contribution in [-0.4, -0.2) is 42.0 Å². The number of benzene rings is 1. The number of aromatic nitrogens is 1. The summed E-state index contributed by atoms with van der Waals surface area (Å²) in [5.41, 5.74) is 1.42. The first-order valence-electron chi connectivity index (χ1n) is 7.50. The monoisotopic (exact) mass is 300 g/mol. The molecule has 0 aliphatic carbocycles. The van der Waals surface area contributed by atoms with Crippen LogP contribution in [0.3, 0.4) is 0 Å². The molecule has 1 saturated heterocycles. The van der Waals surface area contributed by atoms with Gasteiger partial charge in [0.25, 0.3) is 5.91 Å². The van der Waals surface area contributed by atoms with Crippen molar-refractivity contribution in [1.82, 2.24) is 9.88 Å². The van der Waals surface area contributed by atoms with E-state index in [4.69, 9.17) is 0 Å². The van der Waals surface area contributed by atoms with Crippen molar-refractivity contribution in [2.24, 2.45) is 0 Å². The second kappa shape index (κ2) is 6.66. The fraction of sp³-hybridized carbons (Fsp3) is 0.294. The van der Waals surface area contributed by atoms with E-state index in [1.54, 1.807) is 35.5 Å². The molecule has 5 heteroatoms. The third-order valence-electron chi connectivity index (χ3n) is 4.07. The minimum atomic E-state index is -0.445. The van der Waals surface area contributed by atoms with Gasteiger partial charge in [-0.2, -0.15) is 0 Å². The number of nitrogens with zero attached hydrogens (tertiary/aromatic N) is 2. The van der Waals surface area contributed by atoms with Crippen molar-refractivity contribution in [2.75, 3.05) is 26.2 Å². The van der Waals surface area contributed by atoms with E-state index in [1.165, 1.54) is 16.5 Å². The lowest BCUT2D eigenvalue weighted by Gasteiger charge is -2.32. The van der Waals surface area contributed by atoms with Crippen LogP contribution in [0, 0.1) is 5.82 Å². The molecule has 0 radical (unpaired) electrons. The first-order valence-corrected chi connectivity index (χ1v) is 7.50. The van der Waals surface area contributed by atoms with Crippen LogP contribution in [0.15, 0.2) is 48.8 Å². The van der Waals surface area contributed by atoms with E-state index in [0.29, 0.717) is 13.1 Å². The van der Waals surface area contributed by atoms with Crippen LogP contribution >= 0.6 is 0 Å². The Bertz CT molecular complexity index is 639. The van der Waals surface area contributed by atoms with Crippen LogP contribution in [0.2, 0.25) is 0 Å². The first-order chi connectivity index (χ1) is 10.7. The lowest BCUT2D eigenvalue weighted by atomic mass is 10.1. The van der Waals surface area contributed by atoms with Gasteiger partial charge in [0.2, 0.25) is 0 Å². The van der Waals surface area contributed by atoms with Gasteiger partial charge in [-0.15, -0.1) is 0 Å². The molecule has 1 amide bonds. The Morgan fingerprint density at radius 2 is 1.82 bits per heavy atom. The summed E-state index contributed by atoms with van der Waals surface area (Å²) < 4.78 is 13.7. The Hall–Kier alpha value is -2.27.